The summed E-state index contributed by atoms with van der Waals surface area (Å²) in [6.45, 7) is 1.30. The Kier molecular flexibility index (Phi) is 2.88. The maximum absolute atomic E-state index is 10.4. The lowest BCUT2D eigenvalue weighted by molar-refractivity contribution is -0.402. The summed E-state index contributed by atoms with van der Waals surface area (Å²) in [5.41, 5.74) is 0. The van der Waals surface area contributed by atoms with Crippen molar-refractivity contribution < 1.29 is 9.34 Å². The van der Waals surface area contributed by atoms with Gasteiger partial charge in [0.25, 0.3) is 0 Å². The molecule has 0 amide bonds. The molecule has 0 saturated carbocycles. The van der Waals surface area contributed by atoms with Crippen LogP contribution in [0.5, 0.6) is 0 Å². The highest BCUT2D eigenvalue weighted by atomic mass is 16.6. The molecule has 2 rings (SSSR count). The van der Waals surface area contributed by atoms with Crippen molar-refractivity contribution in [2.75, 3.05) is 6.54 Å². The fourth-order valence-electron chi connectivity index (χ4n) is 1.91. The van der Waals surface area contributed by atoms with E-state index in [0.717, 1.165) is 19.4 Å². The Hall–Kier alpha value is -1.87. The van der Waals surface area contributed by atoms with Crippen LogP contribution in [0.4, 0.5) is 5.88 Å². The Morgan fingerprint density at radius 2 is 2.50 bits per heavy atom. The first-order chi connectivity index (χ1) is 7.70. The first-order valence-corrected chi connectivity index (χ1v) is 5.07. The minimum Gasteiger partial charge on any atom is -0.404 e. The van der Waals surface area contributed by atoms with Crippen LogP contribution in [0.1, 0.15) is 18.6 Å². The van der Waals surface area contributed by atoms with Crippen molar-refractivity contribution in [3.05, 3.63) is 28.0 Å². The van der Waals surface area contributed by atoms with E-state index < -0.39 is 4.92 Å². The standard InChI is InChI=1S/C10H11N3O3/c11-6-8-2-1-5-12(8)7-9-3-4-10(16-9)13(14)15/h3-4,8H,1-2,5,7H2. The normalized spacial score (nSPS) is 20.8. The maximum atomic E-state index is 10.4. The molecule has 1 aromatic rings. The van der Waals surface area contributed by atoms with Crippen molar-refractivity contribution >= 4 is 5.88 Å². The van der Waals surface area contributed by atoms with Crippen LogP contribution in [0.3, 0.4) is 0 Å². The number of nitro groups is 1. The van der Waals surface area contributed by atoms with Gasteiger partial charge in [0.1, 0.15) is 10.7 Å². The first kappa shape index (κ1) is 10.6. The zero-order valence-corrected chi connectivity index (χ0v) is 8.63. The molecule has 2 heterocycles. The zero-order valence-electron chi connectivity index (χ0n) is 8.63. The van der Waals surface area contributed by atoms with E-state index in [2.05, 4.69) is 6.07 Å². The third-order valence-electron chi connectivity index (χ3n) is 2.70. The molecule has 0 bridgehead atoms. The van der Waals surface area contributed by atoms with Crippen LogP contribution in [0.25, 0.3) is 0 Å². The minimum absolute atomic E-state index is 0.0934. The van der Waals surface area contributed by atoms with Crippen LogP contribution in [-0.4, -0.2) is 22.4 Å². The molecule has 1 aliphatic rings. The predicted molar refractivity (Wildman–Crippen MR) is 54.4 cm³/mol. The molecule has 84 valence electrons. The highest BCUT2D eigenvalue weighted by molar-refractivity contribution is 5.18. The van der Waals surface area contributed by atoms with Crippen molar-refractivity contribution in [1.82, 2.24) is 4.90 Å². The summed E-state index contributed by atoms with van der Waals surface area (Å²) in [7, 11) is 0. The van der Waals surface area contributed by atoms with E-state index in [0.29, 0.717) is 12.3 Å². The lowest BCUT2D eigenvalue weighted by atomic mass is 10.2. The van der Waals surface area contributed by atoms with Crippen molar-refractivity contribution in [3.8, 4) is 6.07 Å². The second-order valence-electron chi connectivity index (χ2n) is 3.75. The molecule has 6 nitrogen and oxygen atoms in total. The van der Waals surface area contributed by atoms with Crippen LogP contribution in [0.2, 0.25) is 0 Å². The molecule has 1 unspecified atom stereocenters. The zero-order chi connectivity index (χ0) is 11.5. The van der Waals surface area contributed by atoms with Gasteiger partial charge in [-0.15, -0.1) is 0 Å². The molecule has 0 N–H and O–H groups in total. The number of likely N-dealkylation sites (tertiary alicyclic amines) is 1. The van der Waals surface area contributed by atoms with Crippen molar-refractivity contribution in [1.29, 1.82) is 5.26 Å². The quantitative estimate of drug-likeness (QED) is 0.572. The van der Waals surface area contributed by atoms with Crippen LogP contribution in [0.15, 0.2) is 16.5 Å². The Morgan fingerprint density at radius 3 is 3.12 bits per heavy atom. The van der Waals surface area contributed by atoms with E-state index in [-0.39, 0.29) is 11.9 Å². The van der Waals surface area contributed by atoms with Crippen LogP contribution < -0.4 is 0 Å². The van der Waals surface area contributed by atoms with E-state index in [4.69, 9.17) is 9.68 Å². The molecule has 0 spiro atoms. The smallest absolute Gasteiger partial charge is 0.404 e. The molecule has 1 aliphatic heterocycles. The van der Waals surface area contributed by atoms with E-state index in [9.17, 15) is 10.1 Å². The predicted octanol–water partition coefficient (Wildman–Crippen LogP) is 1.68. The summed E-state index contributed by atoms with van der Waals surface area (Å²) in [6.07, 6.45) is 1.85. The summed E-state index contributed by atoms with van der Waals surface area (Å²) in [5, 5.41) is 19.3. The second-order valence-corrected chi connectivity index (χ2v) is 3.75. The fourth-order valence-corrected chi connectivity index (χ4v) is 1.91. The molecular weight excluding hydrogens is 210 g/mol. The molecule has 0 aliphatic carbocycles. The molecule has 0 radical (unpaired) electrons. The average Bonchev–Trinajstić information content (AvgIpc) is 2.87. The second kappa shape index (κ2) is 4.33. The Balaban J connectivity index is 2.03. The number of nitriles is 1. The fraction of sp³-hybridized carbons (Fsp3) is 0.500. The van der Waals surface area contributed by atoms with Gasteiger partial charge in [0.05, 0.1) is 24.7 Å². The summed E-state index contributed by atoms with van der Waals surface area (Å²) in [4.78, 5) is 11.8. The molecule has 1 aromatic heterocycles. The molecule has 16 heavy (non-hydrogen) atoms. The lowest BCUT2D eigenvalue weighted by Crippen LogP contribution is -2.27. The van der Waals surface area contributed by atoms with E-state index in [1.54, 1.807) is 6.07 Å². The SMILES string of the molecule is N#CC1CCCN1Cc1ccc([N+](=O)[O-])o1. The van der Waals surface area contributed by atoms with Gasteiger partial charge >= 0.3 is 5.88 Å². The van der Waals surface area contributed by atoms with Gasteiger partial charge in [-0.25, -0.2) is 0 Å². The molecule has 1 saturated heterocycles. The Morgan fingerprint density at radius 1 is 1.69 bits per heavy atom. The van der Waals surface area contributed by atoms with Gasteiger partial charge < -0.3 is 4.42 Å². The van der Waals surface area contributed by atoms with Crippen molar-refractivity contribution in [2.45, 2.75) is 25.4 Å². The Bertz CT molecular complexity index is 435. The molecule has 6 heteroatoms. The largest absolute Gasteiger partial charge is 0.433 e. The topological polar surface area (TPSA) is 83.3 Å². The highest BCUT2D eigenvalue weighted by Gasteiger charge is 2.25. The van der Waals surface area contributed by atoms with Crippen LogP contribution in [0, 0.1) is 21.4 Å². The summed E-state index contributed by atoms with van der Waals surface area (Å²) >= 11 is 0. The van der Waals surface area contributed by atoms with Gasteiger partial charge in [-0.2, -0.15) is 5.26 Å². The van der Waals surface area contributed by atoms with Gasteiger partial charge in [0.15, 0.2) is 0 Å². The number of hydrogen-bond acceptors (Lipinski definition) is 5. The van der Waals surface area contributed by atoms with E-state index >= 15 is 0 Å². The van der Waals surface area contributed by atoms with Gasteiger partial charge in [-0.3, -0.25) is 15.0 Å². The minimum atomic E-state index is -0.560. The van der Waals surface area contributed by atoms with Gasteiger partial charge in [0, 0.05) is 0 Å². The van der Waals surface area contributed by atoms with Gasteiger partial charge in [-0.1, -0.05) is 0 Å². The summed E-state index contributed by atoms with van der Waals surface area (Å²) < 4.78 is 5.05. The molecule has 1 atom stereocenters. The number of nitrogens with zero attached hydrogens (tertiary/aromatic N) is 3. The van der Waals surface area contributed by atoms with Gasteiger partial charge in [-0.05, 0) is 25.5 Å². The number of hydrogen-bond donors (Lipinski definition) is 0. The highest BCUT2D eigenvalue weighted by Crippen LogP contribution is 2.22. The molecule has 0 aromatic carbocycles. The van der Waals surface area contributed by atoms with Crippen molar-refractivity contribution in [3.63, 3.8) is 0 Å². The lowest BCUT2D eigenvalue weighted by Gasteiger charge is -2.16. The van der Waals surface area contributed by atoms with E-state index in [1.165, 1.54) is 6.07 Å². The average molecular weight is 221 g/mol. The third kappa shape index (κ3) is 2.04. The van der Waals surface area contributed by atoms with Crippen LogP contribution >= 0.6 is 0 Å². The summed E-state index contributed by atoms with van der Waals surface area (Å²) in [6, 6.07) is 5.05. The van der Waals surface area contributed by atoms with Gasteiger partial charge in [0.2, 0.25) is 0 Å². The third-order valence-corrected chi connectivity index (χ3v) is 2.70. The maximum Gasteiger partial charge on any atom is 0.433 e. The molecular formula is C10H11N3O3. The van der Waals surface area contributed by atoms with E-state index in [1.807, 2.05) is 4.90 Å². The number of furan rings is 1. The Labute approximate surface area is 92.2 Å². The molecule has 1 fully saturated rings. The van der Waals surface area contributed by atoms with Crippen molar-refractivity contribution in [2.24, 2.45) is 0 Å². The number of rotatable bonds is 3. The summed E-state index contributed by atoms with van der Waals surface area (Å²) in [5.74, 6) is 0.288. The van der Waals surface area contributed by atoms with Crippen LogP contribution in [-0.2, 0) is 6.54 Å². The first-order valence-electron chi connectivity index (χ1n) is 5.07. The monoisotopic (exact) mass is 221 g/mol.